The van der Waals surface area contributed by atoms with Crippen molar-refractivity contribution >= 4 is 28.6 Å². The molecule has 6 rings (SSSR count). The van der Waals surface area contributed by atoms with Gasteiger partial charge in [0.2, 0.25) is 0 Å². The first-order valence-electron chi connectivity index (χ1n) is 11.5. The number of rotatable bonds is 4. The molecule has 2 aliphatic heterocycles. The van der Waals surface area contributed by atoms with Gasteiger partial charge in [-0.2, -0.15) is 0 Å². The van der Waals surface area contributed by atoms with Gasteiger partial charge < -0.3 is 14.4 Å². The van der Waals surface area contributed by atoms with Gasteiger partial charge in [-0.1, -0.05) is 0 Å². The third kappa shape index (κ3) is 4.39. The molecule has 2 aliphatic rings. The molecule has 1 aromatic carbocycles. The van der Waals surface area contributed by atoms with Gasteiger partial charge in [-0.05, 0) is 38.0 Å². The third-order valence-electron chi connectivity index (χ3n) is 6.26. The highest BCUT2D eigenvalue weighted by atomic mass is 32.1. The number of hydrogen-bond donors (Lipinski definition) is 0. The highest BCUT2D eigenvalue weighted by Gasteiger charge is 2.29. The van der Waals surface area contributed by atoms with Crippen molar-refractivity contribution in [3.8, 4) is 33.5 Å². The van der Waals surface area contributed by atoms with Crippen molar-refractivity contribution in [2.45, 2.75) is 25.7 Å². The number of aryl methyl sites for hydroxylation is 1. The number of likely N-dealkylation sites (tertiary alicyclic amines) is 1. The van der Waals surface area contributed by atoms with E-state index < -0.39 is 0 Å². The van der Waals surface area contributed by atoms with Crippen molar-refractivity contribution in [1.29, 1.82) is 0 Å². The van der Waals surface area contributed by atoms with Gasteiger partial charge in [0.05, 0.1) is 22.6 Å². The van der Waals surface area contributed by atoms with Crippen LogP contribution >= 0.6 is 22.7 Å². The predicted molar refractivity (Wildman–Crippen MR) is 134 cm³/mol. The van der Waals surface area contributed by atoms with Crippen LogP contribution in [0.1, 0.15) is 39.1 Å². The summed E-state index contributed by atoms with van der Waals surface area (Å²) in [5.74, 6) is 1.96. The topological polar surface area (TPSA) is 90.3 Å². The number of hydrogen-bond acceptors (Lipinski definition) is 9. The quantitative estimate of drug-likeness (QED) is 0.393. The van der Waals surface area contributed by atoms with Crippen LogP contribution in [0.15, 0.2) is 42.2 Å². The van der Waals surface area contributed by atoms with Gasteiger partial charge in [0.25, 0.3) is 5.91 Å². The van der Waals surface area contributed by atoms with E-state index in [4.69, 9.17) is 14.5 Å². The third-order valence-corrected chi connectivity index (χ3v) is 8.44. The first-order chi connectivity index (χ1) is 17.2. The van der Waals surface area contributed by atoms with Crippen molar-refractivity contribution in [3.05, 3.63) is 57.7 Å². The maximum Gasteiger partial charge on any atom is 0.265 e. The van der Waals surface area contributed by atoms with Crippen molar-refractivity contribution < 1.29 is 14.3 Å². The molecule has 0 N–H and O–H groups in total. The van der Waals surface area contributed by atoms with Crippen LogP contribution in [0.4, 0.5) is 0 Å². The normalized spacial score (nSPS) is 15.9. The maximum atomic E-state index is 13.2. The van der Waals surface area contributed by atoms with Gasteiger partial charge in [0, 0.05) is 42.3 Å². The van der Waals surface area contributed by atoms with Crippen LogP contribution in [0.2, 0.25) is 0 Å². The summed E-state index contributed by atoms with van der Waals surface area (Å²) in [7, 11) is 0. The van der Waals surface area contributed by atoms with E-state index in [1.54, 1.807) is 29.9 Å². The largest absolute Gasteiger partial charge is 0.486 e. The molecule has 178 valence electrons. The number of amides is 1. The summed E-state index contributed by atoms with van der Waals surface area (Å²) in [6, 6.07) is 5.98. The summed E-state index contributed by atoms with van der Waals surface area (Å²) in [4.78, 5) is 33.8. The first kappa shape index (κ1) is 22.1. The van der Waals surface area contributed by atoms with Gasteiger partial charge in [-0.3, -0.25) is 14.8 Å². The van der Waals surface area contributed by atoms with Crippen molar-refractivity contribution in [3.63, 3.8) is 0 Å². The predicted octanol–water partition coefficient (Wildman–Crippen LogP) is 4.82. The second kappa shape index (κ2) is 9.35. The average Bonchev–Trinajstić information content (AvgIpc) is 3.56. The lowest BCUT2D eigenvalue weighted by atomic mass is 9.97. The lowest BCUT2D eigenvalue weighted by molar-refractivity contribution is 0.0717. The lowest BCUT2D eigenvalue weighted by Gasteiger charge is -2.30. The van der Waals surface area contributed by atoms with E-state index in [-0.39, 0.29) is 5.91 Å². The summed E-state index contributed by atoms with van der Waals surface area (Å²) < 4.78 is 11.3. The van der Waals surface area contributed by atoms with E-state index in [0.29, 0.717) is 42.8 Å². The molecule has 3 aromatic heterocycles. The molecule has 0 atom stereocenters. The van der Waals surface area contributed by atoms with E-state index in [9.17, 15) is 4.79 Å². The summed E-state index contributed by atoms with van der Waals surface area (Å²) >= 11 is 3.08. The highest BCUT2D eigenvalue weighted by molar-refractivity contribution is 7.17. The number of benzene rings is 1. The summed E-state index contributed by atoms with van der Waals surface area (Å²) in [5.41, 5.74) is 3.42. The van der Waals surface area contributed by atoms with Crippen LogP contribution in [0.3, 0.4) is 0 Å². The van der Waals surface area contributed by atoms with Crippen LogP contribution in [-0.2, 0) is 0 Å². The second-order valence-corrected chi connectivity index (χ2v) is 10.4. The van der Waals surface area contributed by atoms with Gasteiger partial charge in [-0.15, -0.1) is 22.7 Å². The average molecular weight is 506 g/mol. The van der Waals surface area contributed by atoms with Gasteiger partial charge in [-0.25, -0.2) is 9.97 Å². The molecule has 8 nitrogen and oxygen atoms in total. The molecule has 1 fully saturated rings. The molecule has 0 spiro atoms. The molecule has 10 heteroatoms. The Hall–Kier alpha value is -3.37. The number of carbonyl (C=O) groups excluding carboxylic acids is 1. The Morgan fingerprint density at radius 2 is 1.89 bits per heavy atom. The van der Waals surface area contributed by atoms with Crippen LogP contribution in [0, 0.1) is 6.92 Å². The molecule has 1 saturated heterocycles. The summed E-state index contributed by atoms with van der Waals surface area (Å²) in [6.07, 6.45) is 6.73. The Balaban J connectivity index is 1.12. The molecule has 5 heterocycles. The van der Waals surface area contributed by atoms with Crippen molar-refractivity contribution in [1.82, 2.24) is 24.8 Å². The minimum absolute atomic E-state index is 0.0460. The number of ether oxygens (including phenoxy) is 2. The van der Waals surface area contributed by atoms with E-state index in [1.165, 1.54) is 11.3 Å². The Morgan fingerprint density at radius 3 is 2.69 bits per heavy atom. The molecule has 4 aromatic rings. The molecule has 1 amide bonds. The number of carbonyl (C=O) groups is 1. The number of thiazole rings is 2. The van der Waals surface area contributed by atoms with Crippen LogP contribution in [0.5, 0.6) is 11.5 Å². The fourth-order valence-electron chi connectivity index (χ4n) is 4.40. The van der Waals surface area contributed by atoms with Gasteiger partial charge in [0.1, 0.15) is 28.8 Å². The summed E-state index contributed by atoms with van der Waals surface area (Å²) in [6.45, 7) is 4.45. The van der Waals surface area contributed by atoms with Crippen molar-refractivity contribution in [2.24, 2.45) is 0 Å². The number of aromatic nitrogens is 4. The van der Waals surface area contributed by atoms with E-state index in [2.05, 4.69) is 20.3 Å². The smallest absolute Gasteiger partial charge is 0.265 e. The van der Waals surface area contributed by atoms with Gasteiger partial charge >= 0.3 is 0 Å². The zero-order valence-electron chi connectivity index (χ0n) is 19.1. The van der Waals surface area contributed by atoms with E-state index in [1.807, 2.05) is 30.0 Å². The zero-order chi connectivity index (χ0) is 23.8. The number of fused-ring (bicyclic) bond motifs is 1. The van der Waals surface area contributed by atoms with Crippen LogP contribution < -0.4 is 9.47 Å². The minimum atomic E-state index is 0.0460. The van der Waals surface area contributed by atoms with E-state index >= 15 is 0 Å². The van der Waals surface area contributed by atoms with Gasteiger partial charge in [0.15, 0.2) is 11.5 Å². The molecular formula is C25H23N5O3S2. The zero-order valence-corrected chi connectivity index (χ0v) is 20.8. The molecule has 0 aliphatic carbocycles. The SMILES string of the molecule is Cc1nc(-c2cnccn2)sc1C(=O)N1CCC(c2nc(-c3ccc4c(c3)OCCO4)cs2)CC1. The Kier molecular flexibility index (Phi) is 5.91. The molecule has 0 saturated carbocycles. The molecule has 35 heavy (non-hydrogen) atoms. The van der Waals surface area contributed by atoms with E-state index in [0.717, 1.165) is 51.3 Å². The number of nitrogens with zero attached hydrogens (tertiary/aromatic N) is 5. The lowest BCUT2D eigenvalue weighted by Crippen LogP contribution is -2.37. The molecule has 0 radical (unpaired) electrons. The highest BCUT2D eigenvalue weighted by Crippen LogP contribution is 2.37. The fourth-order valence-corrected chi connectivity index (χ4v) is 6.39. The Morgan fingerprint density at radius 1 is 1.06 bits per heavy atom. The number of piperidine rings is 1. The van der Waals surface area contributed by atoms with Crippen LogP contribution in [0.25, 0.3) is 22.0 Å². The van der Waals surface area contributed by atoms with Crippen molar-refractivity contribution in [2.75, 3.05) is 26.3 Å². The summed E-state index contributed by atoms with van der Waals surface area (Å²) in [5, 5.41) is 3.96. The fraction of sp³-hybridized carbons (Fsp3) is 0.320. The monoisotopic (exact) mass is 505 g/mol. The minimum Gasteiger partial charge on any atom is -0.486 e. The molecule has 0 unspecified atom stereocenters. The Bertz CT molecular complexity index is 1360. The molecular weight excluding hydrogens is 482 g/mol. The second-order valence-electron chi connectivity index (χ2n) is 8.52. The molecule has 0 bridgehead atoms. The Labute approximate surface area is 210 Å². The van der Waals surface area contributed by atoms with Crippen LogP contribution in [-0.4, -0.2) is 57.0 Å². The first-order valence-corrected chi connectivity index (χ1v) is 13.2. The maximum absolute atomic E-state index is 13.2. The standard InChI is InChI=1S/C25H23N5O3S2/c1-15-22(35-24(28-15)18-13-26-6-7-27-18)25(31)30-8-4-16(5-9-30)23-29-19(14-34-23)17-2-3-20-21(12-17)33-11-10-32-20/h2-3,6-7,12-14,16H,4-5,8-11H2,1H3.